The predicted molar refractivity (Wildman–Crippen MR) is 122 cm³/mol. The van der Waals surface area contributed by atoms with E-state index in [-0.39, 0.29) is 0 Å². The Bertz CT molecular complexity index is 1320. The number of amides is 1. The Hall–Kier alpha value is -3.95. The van der Waals surface area contributed by atoms with Crippen molar-refractivity contribution in [1.29, 1.82) is 0 Å². The summed E-state index contributed by atoms with van der Waals surface area (Å²) in [5, 5.41) is 15.2. The van der Waals surface area contributed by atoms with Gasteiger partial charge in [0.1, 0.15) is 11.7 Å². The highest BCUT2D eigenvalue weighted by Crippen LogP contribution is 2.33. The van der Waals surface area contributed by atoms with Crippen LogP contribution < -0.4 is 5.48 Å². The maximum absolute atomic E-state index is 12.8. The molecule has 1 aliphatic carbocycles. The summed E-state index contributed by atoms with van der Waals surface area (Å²) < 4.78 is 1.67. The smallest absolute Gasteiger partial charge is 0.268 e. The van der Waals surface area contributed by atoms with Crippen molar-refractivity contribution in [2.45, 2.75) is 25.3 Å². The van der Waals surface area contributed by atoms with Crippen molar-refractivity contribution in [3.63, 3.8) is 0 Å². The topological polar surface area (TPSA) is 80.0 Å². The van der Waals surface area contributed by atoms with Crippen LogP contribution in [0.2, 0.25) is 0 Å². The van der Waals surface area contributed by atoms with E-state index in [9.17, 15) is 10.0 Å². The van der Waals surface area contributed by atoms with Gasteiger partial charge < -0.3 is 0 Å². The number of carbonyl (C=O) groups is 1. The standard InChI is InChI=1S/C26H22N4O2/c31-26(29-32)24(17-19-5-2-1-3-6-19)30-23(12-11-18-9-10-18)25-21(7-4-8-22(25)28-30)20-13-15-27-16-14-20/h1-8,13-16,18,24,32H,9-10,17H2,(H,29,31). The number of rotatable bonds is 5. The van der Waals surface area contributed by atoms with Crippen LogP contribution in [0.15, 0.2) is 73.1 Å². The molecule has 1 unspecified atom stereocenters. The third-order valence-electron chi connectivity index (χ3n) is 5.67. The zero-order valence-corrected chi connectivity index (χ0v) is 17.4. The highest BCUT2D eigenvalue weighted by Gasteiger charge is 2.27. The molecule has 0 aliphatic heterocycles. The van der Waals surface area contributed by atoms with Gasteiger partial charge in [0.25, 0.3) is 5.91 Å². The maximum Gasteiger partial charge on any atom is 0.268 e. The number of carbonyl (C=O) groups excluding carboxylic acids is 1. The normalized spacial score (nSPS) is 13.9. The van der Waals surface area contributed by atoms with Gasteiger partial charge >= 0.3 is 0 Å². The first-order valence-corrected chi connectivity index (χ1v) is 10.7. The summed E-state index contributed by atoms with van der Waals surface area (Å²) in [6.45, 7) is 0. The second-order valence-corrected chi connectivity index (χ2v) is 7.95. The number of fused-ring (bicyclic) bond motifs is 1. The van der Waals surface area contributed by atoms with Crippen molar-refractivity contribution in [2.75, 3.05) is 0 Å². The number of nitrogens with one attached hydrogen (secondary N) is 1. The van der Waals surface area contributed by atoms with E-state index in [1.165, 1.54) is 0 Å². The molecule has 4 aromatic rings. The van der Waals surface area contributed by atoms with Gasteiger partial charge in [0.2, 0.25) is 0 Å². The van der Waals surface area contributed by atoms with E-state index < -0.39 is 11.9 Å². The molecular weight excluding hydrogens is 400 g/mol. The third kappa shape index (κ3) is 3.98. The Morgan fingerprint density at radius 1 is 1.09 bits per heavy atom. The Labute approximate surface area is 185 Å². The summed E-state index contributed by atoms with van der Waals surface area (Å²) in [4.78, 5) is 16.9. The molecule has 2 N–H and O–H groups in total. The molecule has 1 aliphatic rings. The molecule has 1 atom stereocenters. The van der Waals surface area contributed by atoms with Crippen molar-refractivity contribution < 1.29 is 10.0 Å². The predicted octanol–water partition coefficient (Wildman–Crippen LogP) is 4.15. The van der Waals surface area contributed by atoms with Gasteiger partial charge in [0, 0.05) is 30.1 Å². The minimum atomic E-state index is -0.747. The number of benzene rings is 2. The second-order valence-electron chi connectivity index (χ2n) is 7.95. The fraction of sp³-hybridized carbons (Fsp3) is 0.192. The van der Waals surface area contributed by atoms with Gasteiger partial charge in [-0.25, -0.2) is 10.2 Å². The fourth-order valence-electron chi connectivity index (χ4n) is 3.87. The maximum atomic E-state index is 12.8. The number of hydrogen-bond acceptors (Lipinski definition) is 4. The summed E-state index contributed by atoms with van der Waals surface area (Å²) in [6, 6.07) is 18.8. The molecule has 158 valence electrons. The number of hydrogen-bond donors (Lipinski definition) is 2. The zero-order chi connectivity index (χ0) is 21.9. The molecule has 0 spiro atoms. The summed E-state index contributed by atoms with van der Waals surface area (Å²) in [5.74, 6) is 6.52. The molecule has 1 amide bonds. The van der Waals surface area contributed by atoms with Gasteiger partial charge in [0.15, 0.2) is 0 Å². The summed E-state index contributed by atoms with van der Waals surface area (Å²) >= 11 is 0. The van der Waals surface area contributed by atoms with E-state index >= 15 is 0 Å². The van der Waals surface area contributed by atoms with Crippen LogP contribution in [0.5, 0.6) is 0 Å². The van der Waals surface area contributed by atoms with Crippen molar-refractivity contribution in [1.82, 2.24) is 20.2 Å². The molecule has 6 heteroatoms. The number of nitrogens with zero attached hydrogens (tertiary/aromatic N) is 3. The van der Waals surface area contributed by atoms with E-state index in [0.717, 1.165) is 40.4 Å². The van der Waals surface area contributed by atoms with Crippen LogP contribution in [0.1, 0.15) is 30.1 Å². The Balaban J connectivity index is 1.71. The Morgan fingerprint density at radius 3 is 2.59 bits per heavy atom. The van der Waals surface area contributed by atoms with Crippen LogP contribution in [-0.2, 0) is 11.2 Å². The first kappa shape index (κ1) is 20.0. The lowest BCUT2D eigenvalue weighted by atomic mass is 10.0. The highest BCUT2D eigenvalue weighted by molar-refractivity contribution is 5.98. The summed E-state index contributed by atoms with van der Waals surface area (Å²) in [6.07, 6.45) is 6.09. The average Bonchev–Trinajstić information content (AvgIpc) is 3.61. The van der Waals surface area contributed by atoms with Crippen molar-refractivity contribution in [3.8, 4) is 23.0 Å². The highest BCUT2D eigenvalue weighted by atomic mass is 16.5. The second kappa shape index (κ2) is 8.66. The van der Waals surface area contributed by atoms with Crippen LogP contribution in [0.3, 0.4) is 0 Å². The first-order valence-electron chi connectivity index (χ1n) is 10.7. The fourth-order valence-corrected chi connectivity index (χ4v) is 3.87. The zero-order valence-electron chi connectivity index (χ0n) is 17.4. The molecular formula is C26H22N4O2. The van der Waals surface area contributed by atoms with Crippen molar-refractivity contribution >= 4 is 16.8 Å². The quantitative estimate of drug-likeness (QED) is 0.288. The lowest BCUT2D eigenvalue weighted by Gasteiger charge is -2.17. The van der Waals surface area contributed by atoms with E-state index in [1.54, 1.807) is 17.1 Å². The van der Waals surface area contributed by atoms with Gasteiger partial charge in [0.05, 0.1) is 5.52 Å². The molecule has 1 fully saturated rings. The molecule has 6 nitrogen and oxygen atoms in total. The van der Waals surface area contributed by atoms with E-state index in [2.05, 4.69) is 16.8 Å². The number of pyridine rings is 1. The molecule has 5 rings (SSSR count). The SMILES string of the molecule is O=C(NO)C(Cc1ccccc1)n1nc2cccc(-c3ccncc3)c2c1C#CC1CC1. The first-order chi connectivity index (χ1) is 15.7. The molecule has 0 radical (unpaired) electrons. The van der Waals surface area contributed by atoms with Crippen molar-refractivity contribution in [2.24, 2.45) is 5.92 Å². The minimum Gasteiger partial charge on any atom is -0.289 e. The number of aromatic nitrogens is 3. The molecule has 0 saturated heterocycles. The molecule has 2 aromatic carbocycles. The van der Waals surface area contributed by atoms with Crippen molar-refractivity contribution in [3.05, 3.63) is 84.3 Å². The molecule has 32 heavy (non-hydrogen) atoms. The third-order valence-corrected chi connectivity index (χ3v) is 5.67. The average molecular weight is 422 g/mol. The van der Waals surface area contributed by atoms with Crippen LogP contribution in [0.4, 0.5) is 0 Å². The number of hydroxylamine groups is 1. The molecule has 1 saturated carbocycles. The molecule has 2 aromatic heterocycles. The van der Waals surface area contributed by atoms with Gasteiger partial charge in [-0.2, -0.15) is 5.10 Å². The Kier molecular flexibility index (Phi) is 5.40. The van der Waals surface area contributed by atoms with Crippen LogP contribution in [0, 0.1) is 17.8 Å². The van der Waals surface area contributed by atoms with E-state index in [0.29, 0.717) is 18.0 Å². The van der Waals surface area contributed by atoms with Crippen LogP contribution >= 0.6 is 0 Å². The van der Waals surface area contributed by atoms with E-state index in [4.69, 9.17) is 5.10 Å². The van der Waals surface area contributed by atoms with E-state index in [1.807, 2.05) is 66.1 Å². The molecule has 0 bridgehead atoms. The van der Waals surface area contributed by atoms with Gasteiger partial charge in [-0.15, -0.1) is 0 Å². The van der Waals surface area contributed by atoms with Gasteiger partial charge in [-0.1, -0.05) is 48.4 Å². The lowest BCUT2D eigenvalue weighted by Crippen LogP contribution is -2.33. The minimum absolute atomic E-state index is 0.379. The largest absolute Gasteiger partial charge is 0.289 e. The van der Waals surface area contributed by atoms with Gasteiger partial charge in [-0.3, -0.25) is 15.0 Å². The summed E-state index contributed by atoms with van der Waals surface area (Å²) in [7, 11) is 0. The molecule has 2 heterocycles. The summed E-state index contributed by atoms with van der Waals surface area (Å²) in [5.41, 5.74) is 6.22. The lowest BCUT2D eigenvalue weighted by molar-refractivity contribution is -0.132. The van der Waals surface area contributed by atoms with Crippen LogP contribution in [-0.4, -0.2) is 25.9 Å². The Morgan fingerprint density at radius 2 is 1.88 bits per heavy atom. The van der Waals surface area contributed by atoms with Crippen LogP contribution in [0.25, 0.3) is 22.0 Å². The monoisotopic (exact) mass is 422 g/mol. The van der Waals surface area contributed by atoms with Gasteiger partial charge in [-0.05, 0) is 53.7 Å².